The van der Waals surface area contributed by atoms with Crippen LogP contribution in [0.4, 0.5) is 5.95 Å². The number of pyridine rings is 1. The van der Waals surface area contributed by atoms with Crippen LogP contribution in [-0.4, -0.2) is 44.1 Å². The molecule has 3 N–H and O–H groups in total. The maximum absolute atomic E-state index is 9.16. The highest BCUT2D eigenvalue weighted by Crippen LogP contribution is 2.11. The Labute approximate surface area is 100 Å². The van der Waals surface area contributed by atoms with Crippen molar-refractivity contribution in [2.75, 3.05) is 18.5 Å². The van der Waals surface area contributed by atoms with E-state index in [1.807, 2.05) is 12.1 Å². The van der Waals surface area contributed by atoms with Crippen molar-refractivity contribution in [2.24, 2.45) is 0 Å². The van der Waals surface area contributed by atoms with Crippen LogP contribution in [0.1, 0.15) is 0 Å². The van der Waals surface area contributed by atoms with Crippen LogP contribution in [-0.2, 0) is 0 Å². The van der Waals surface area contributed by atoms with Crippen LogP contribution in [0.25, 0.3) is 5.65 Å². The van der Waals surface area contributed by atoms with Gasteiger partial charge in [0.25, 0.3) is 0 Å². The van der Waals surface area contributed by atoms with E-state index in [1.54, 1.807) is 10.7 Å². The predicted octanol–water partition coefficient (Wildman–Crippen LogP) is 0.257. The van der Waals surface area contributed by atoms with Gasteiger partial charge >= 0.3 is 0 Å². The quantitative estimate of drug-likeness (QED) is 0.751. The summed E-state index contributed by atoms with van der Waals surface area (Å²) < 4.78 is 2.53. The average molecular weight is 287 g/mol. The van der Waals surface area contributed by atoms with Gasteiger partial charge in [-0.2, -0.15) is 4.98 Å². The summed E-state index contributed by atoms with van der Waals surface area (Å²) >= 11 is 3.33. The van der Waals surface area contributed by atoms with Crippen LogP contribution in [0.2, 0.25) is 0 Å². The Morgan fingerprint density at radius 2 is 2.31 bits per heavy atom. The van der Waals surface area contributed by atoms with E-state index in [2.05, 4.69) is 31.3 Å². The molecular formula is C9H11BrN4O2. The minimum absolute atomic E-state index is 0.217. The highest BCUT2D eigenvalue weighted by molar-refractivity contribution is 9.10. The number of aromatic nitrogens is 3. The Kier molecular flexibility index (Phi) is 3.37. The maximum Gasteiger partial charge on any atom is 0.243 e. The molecule has 7 heteroatoms. The van der Waals surface area contributed by atoms with Crippen LogP contribution in [0.3, 0.4) is 0 Å². The van der Waals surface area contributed by atoms with E-state index >= 15 is 0 Å². The fourth-order valence-electron chi connectivity index (χ4n) is 1.21. The summed E-state index contributed by atoms with van der Waals surface area (Å²) in [4.78, 5) is 4.19. The van der Waals surface area contributed by atoms with E-state index in [0.29, 0.717) is 11.6 Å². The molecule has 0 fully saturated rings. The van der Waals surface area contributed by atoms with Gasteiger partial charge in [0, 0.05) is 17.2 Å². The van der Waals surface area contributed by atoms with Gasteiger partial charge in [0.1, 0.15) is 0 Å². The number of aliphatic hydroxyl groups excluding tert-OH is 2. The summed E-state index contributed by atoms with van der Waals surface area (Å²) in [6.07, 6.45) is 0.981. The third kappa shape index (κ3) is 2.49. The van der Waals surface area contributed by atoms with E-state index in [0.717, 1.165) is 4.47 Å². The first-order chi connectivity index (χ1) is 7.69. The lowest BCUT2D eigenvalue weighted by molar-refractivity contribution is 0.105. The fourth-order valence-corrected chi connectivity index (χ4v) is 1.53. The van der Waals surface area contributed by atoms with Gasteiger partial charge in [-0.05, 0) is 28.1 Å². The number of hydrogen-bond donors (Lipinski definition) is 3. The Bertz CT molecular complexity index is 487. The molecule has 0 saturated carbocycles. The number of fused-ring (bicyclic) bond motifs is 1. The molecule has 0 amide bonds. The smallest absolute Gasteiger partial charge is 0.243 e. The fraction of sp³-hybridized carbons (Fsp3) is 0.333. The van der Waals surface area contributed by atoms with Crippen LogP contribution in [0.5, 0.6) is 0 Å². The molecule has 0 aliphatic heterocycles. The number of nitrogens with one attached hydrogen (secondary N) is 1. The van der Waals surface area contributed by atoms with Crippen molar-refractivity contribution in [1.29, 1.82) is 0 Å². The van der Waals surface area contributed by atoms with E-state index in [1.165, 1.54) is 0 Å². The largest absolute Gasteiger partial charge is 0.394 e. The van der Waals surface area contributed by atoms with Crippen molar-refractivity contribution in [1.82, 2.24) is 14.6 Å². The van der Waals surface area contributed by atoms with Gasteiger partial charge in [-0.25, -0.2) is 4.52 Å². The second-order valence-corrected chi connectivity index (χ2v) is 4.22. The standard InChI is InChI=1S/C9H11BrN4O2/c10-6-1-2-8-12-9(13-14(8)4-6)11-3-7(16)5-15/h1-2,4,7,15-16H,3,5H2,(H,11,13). The highest BCUT2D eigenvalue weighted by atomic mass is 79.9. The molecule has 86 valence electrons. The first kappa shape index (κ1) is 11.3. The highest BCUT2D eigenvalue weighted by Gasteiger charge is 2.06. The Balaban J connectivity index is 2.13. The van der Waals surface area contributed by atoms with Gasteiger partial charge in [0.2, 0.25) is 5.95 Å². The monoisotopic (exact) mass is 286 g/mol. The van der Waals surface area contributed by atoms with E-state index in [-0.39, 0.29) is 13.2 Å². The number of anilines is 1. The molecule has 1 unspecified atom stereocenters. The molecule has 2 rings (SSSR count). The zero-order chi connectivity index (χ0) is 11.5. The second kappa shape index (κ2) is 4.77. The lowest BCUT2D eigenvalue weighted by atomic mass is 10.4. The summed E-state index contributed by atoms with van der Waals surface area (Å²) in [5, 5.41) is 24.8. The molecule has 0 aromatic carbocycles. The van der Waals surface area contributed by atoms with Crippen molar-refractivity contribution in [2.45, 2.75) is 6.10 Å². The zero-order valence-corrected chi connectivity index (χ0v) is 9.92. The van der Waals surface area contributed by atoms with Gasteiger partial charge in [-0.1, -0.05) is 0 Å². The summed E-state index contributed by atoms with van der Waals surface area (Å²) in [6.45, 7) is -0.0690. The molecule has 0 saturated heterocycles. The van der Waals surface area contributed by atoms with Crippen molar-refractivity contribution < 1.29 is 10.2 Å². The normalized spacial score (nSPS) is 12.9. The number of rotatable bonds is 4. The molecule has 0 bridgehead atoms. The van der Waals surface area contributed by atoms with Crippen LogP contribution >= 0.6 is 15.9 Å². The van der Waals surface area contributed by atoms with Crippen molar-refractivity contribution >= 4 is 27.5 Å². The predicted molar refractivity (Wildman–Crippen MR) is 62.3 cm³/mol. The molecule has 6 nitrogen and oxygen atoms in total. The Hall–Kier alpha value is -1.18. The number of halogens is 1. The van der Waals surface area contributed by atoms with E-state index in [9.17, 15) is 0 Å². The van der Waals surface area contributed by atoms with Gasteiger partial charge in [-0.15, -0.1) is 5.10 Å². The zero-order valence-electron chi connectivity index (χ0n) is 8.34. The molecule has 16 heavy (non-hydrogen) atoms. The first-order valence-electron chi connectivity index (χ1n) is 4.74. The van der Waals surface area contributed by atoms with Gasteiger partial charge < -0.3 is 15.5 Å². The van der Waals surface area contributed by atoms with Crippen LogP contribution < -0.4 is 5.32 Å². The molecule has 0 aliphatic rings. The molecule has 0 radical (unpaired) electrons. The molecule has 1 atom stereocenters. The first-order valence-corrected chi connectivity index (χ1v) is 5.53. The van der Waals surface area contributed by atoms with Crippen molar-refractivity contribution in [3.63, 3.8) is 0 Å². The third-order valence-corrected chi connectivity index (χ3v) is 2.47. The van der Waals surface area contributed by atoms with E-state index in [4.69, 9.17) is 10.2 Å². The lowest BCUT2D eigenvalue weighted by Gasteiger charge is -2.05. The molecule has 2 aromatic heterocycles. The maximum atomic E-state index is 9.16. The molecule has 2 aromatic rings. The van der Waals surface area contributed by atoms with Gasteiger partial charge in [-0.3, -0.25) is 0 Å². The van der Waals surface area contributed by atoms with Crippen molar-refractivity contribution in [3.8, 4) is 0 Å². The minimum Gasteiger partial charge on any atom is -0.394 e. The van der Waals surface area contributed by atoms with Gasteiger partial charge in [0.15, 0.2) is 5.65 Å². The summed E-state index contributed by atoms with van der Waals surface area (Å²) in [6, 6.07) is 3.70. The van der Waals surface area contributed by atoms with E-state index < -0.39 is 6.10 Å². The summed E-state index contributed by atoms with van der Waals surface area (Å²) in [5.74, 6) is 0.422. The van der Waals surface area contributed by atoms with Crippen molar-refractivity contribution in [3.05, 3.63) is 22.8 Å². The summed E-state index contributed by atoms with van der Waals surface area (Å²) in [5.41, 5.74) is 0.712. The minimum atomic E-state index is -0.807. The second-order valence-electron chi connectivity index (χ2n) is 3.30. The number of nitrogens with zero attached hydrogens (tertiary/aromatic N) is 3. The Morgan fingerprint density at radius 3 is 3.06 bits per heavy atom. The van der Waals surface area contributed by atoms with Crippen LogP contribution in [0.15, 0.2) is 22.8 Å². The van der Waals surface area contributed by atoms with Crippen LogP contribution in [0, 0.1) is 0 Å². The average Bonchev–Trinajstić information content (AvgIpc) is 2.67. The molecule has 0 aliphatic carbocycles. The summed E-state index contributed by atoms with van der Waals surface area (Å²) in [7, 11) is 0. The third-order valence-electron chi connectivity index (χ3n) is 2.00. The molecule has 0 spiro atoms. The molecular weight excluding hydrogens is 276 g/mol. The number of aliphatic hydroxyl groups is 2. The topological polar surface area (TPSA) is 82.7 Å². The Morgan fingerprint density at radius 1 is 1.50 bits per heavy atom. The number of hydrogen-bond acceptors (Lipinski definition) is 5. The lowest BCUT2D eigenvalue weighted by Crippen LogP contribution is -2.23. The molecule has 2 heterocycles. The SMILES string of the molecule is OCC(O)CNc1nc2ccc(Br)cn2n1. The van der Waals surface area contributed by atoms with Gasteiger partial charge in [0.05, 0.1) is 12.7 Å².